The first kappa shape index (κ1) is 20.0. The lowest BCUT2D eigenvalue weighted by Crippen LogP contribution is -2.49. The normalized spacial score (nSPS) is 16.9. The molecule has 0 aromatic heterocycles. The molecule has 2 rings (SSSR count). The number of benzene rings is 1. The first-order valence-electron chi connectivity index (χ1n) is 8.81. The average Bonchev–Trinajstić information content (AvgIpc) is 2.62. The number of urea groups is 1. The zero-order valence-electron chi connectivity index (χ0n) is 15.1. The summed E-state index contributed by atoms with van der Waals surface area (Å²) in [6, 6.07) is 4.55. The number of anilines is 1. The summed E-state index contributed by atoms with van der Waals surface area (Å²) in [7, 11) is 0. The minimum absolute atomic E-state index is 0.0265. The van der Waals surface area contributed by atoms with Crippen LogP contribution in [-0.2, 0) is 4.79 Å². The number of hydrogen-bond donors (Lipinski definition) is 2. The molecule has 4 amide bonds. The van der Waals surface area contributed by atoms with Crippen LogP contribution in [0.2, 0.25) is 5.02 Å². The summed E-state index contributed by atoms with van der Waals surface area (Å²) >= 11 is 6.01. The van der Waals surface area contributed by atoms with Crippen LogP contribution in [0.3, 0.4) is 0 Å². The molecule has 1 aromatic carbocycles. The fourth-order valence-corrected chi connectivity index (χ4v) is 3.37. The molecule has 26 heavy (non-hydrogen) atoms. The van der Waals surface area contributed by atoms with Crippen molar-refractivity contribution in [3.63, 3.8) is 0 Å². The molecule has 0 unspecified atom stereocenters. The van der Waals surface area contributed by atoms with E-state index in [1.165, 1.54) is 12.1 Å². The van der Waals surface area contributed by atoms with Crippen LogP contribution < -0.4 is 11.1 Å². The standard InChI is InChI=1S/C18H25ClN4O3/c1-3-22(4-2)18(26)23-9-5-6-12(11-23)17(25)21-13-7-8-14(16(20)24)15(19)10-13/h7-8,10,12H,3-6,9,11H2,1-2H3,(H2,20,24)(H,21,25)/t12-/m1/s1. The minimum Gasteiger partial charge on any atom is -0.366 e. The quantitative estimate of drug-likeness (QED) is 0.821. The van der Waals surface area contributed by atoms with Gasteiger partial charge in [-0.25, -0.2) is 4.79 Å². The second kappa shape index (κ2) is 8.89. The fourth-order valence-electron chi connectivity index (χ4n) is 3.10. The van der Waals surface area contributed by atoms with Gasteiger partial charge in [0.25, 0.3) is 0 Å². The Bertz CT molecular complexity index is 691. The lowest BCUT2D eigenvalue weighted by atomic mass is 9.97. The van der Waals surface area contributed by atoms with Gasteiger partial charge in [0.1, 0.15) is 0 Å². The molecule has 1 fully saturated rings. The van der Waals surface area contributed by atoms with Gasteiger partial charge in [-0.05, 0) is 44.9 Å². The third-order valence-electron chi connectivity index (χ3n) is 4.60. The maximum Gasteiger partial charge on any atom is 0.320 e. The second-order valence-electron chi connectivity index (χ2n) is 6.29. The molecule has 0 bridgehead atoms. The van der Waals surface area contributed by atoms with E-state index in [0.29, 0.717) is 31.9 Å². The number of carbonyl (C=O) groups is 3. The van der Waals surface area contributed by atoms with Crippen LogP contribution in [0.4, 0.5) is 10.5 Å². The summed E-state index contributed by atoms with van der Waals surface area (Å²) in [6.07, 6.45) is 1.51. The van der Waals surface area contributed by atoms with Crippen molar-refractivity contribution in [2.45, 2.75) is 26.7 Å². The van der Waals surface area contributed by atoms with E-state index in [4.69, 9.17) is 17.3 Å². The molecule has 0 saturated carbocycles. The predicted octanol–water partition coefficient (Wildman–Crippen LogP) is 2.55. The molecule has 1 atom stereocenters. The zero-order valence-corrected chi connectivity index (χ0v) is 15.9. The van der Waals surface area contributed by atoms with Gasteiger partial charge in [-0.15, -0.1) is 0 Å². The molecular weight excluding hydrogens is 356 g/mol. The van der Waals surface area contributed by atoms with Gasteiger partial charge < -0.3 is 20.9 Å². The molecule has 0 aliphatic carbocycles. The average molecular weight is 381 g/mol. The highest BCUT2D eigenvalue weighted by Gasteiger charge is 2.30. The minimum atomic E-state index is -0.620. The number of piperidine rings is 1. The Hall–Kier alpha value is -2.28. The molecule has 3 N–H and O–H groups in total. The van der Waals surface area contributed by atoms with Crippen LogP contribution in [-0.4, -0.2) is 53.8 Å². The number of halogens is 1. The smallest absolute Gasteiger partial charge is 0.320 e. The third-order valence-corrected chi connectivity index (χ3v) is 4.91. The van der Waals surface area contributed by atoms with Crippen molar-refractivity contribution in [3.8, 4) is 0 Å². The van der Waals surface area contributed by atoms with Gasteiger partial charge >= 0.3 is 6.03 Å². The summed E-state index contributed by atoms with van der Waals surface area (Å²) < 4.78 is 0. The van der Waals surface area contributed by atoms with Gasteiger partial charge in [-0.2, -0.15) is 0 Å². The van der Waals surface area contributed by atoms with Gasteiger partial charge in [-0.3, -0.25) is 9.59 Å². The van der Waals surface area contributed by atoms with Crippen molar-refractivity contribution >= 4 is 35.1 Å². The monoisotopic (exact) mass is 380 g/mol. The predicted molar refractivity (Wildman–Crippen MR) is 101 cm³/mol. The van der Waals surface area contributed by atoms with Crippen molar-refractivity contribution in [3.05, 3.63) is 28.8 Å². The molecule has 7 nitrogen and oxygen atoms in total. The molecule has 142 valence electrons. The fraction of sp³-hybridized carbons (Fsp3) is 0.500. The van der Waals surface area contributed by atoms with E-state index >= 15 is 0 Å². The lowest BCUT2D eigenvalue weighted by Gasteiger charge is -2.35. The van der Waals surface area contributed by atoms with Crippen molar-refractivity contribution in [1.82, 2.24) is 9.80 Å². The Kier molecular flexibility index (Phi) is 6.85. The van der Waals surface area contributed by atoms with Crippen LogP contribution in [0.15, 0.2) is 18.2 Å². The van der Waals surface area contributed by atoms with Crippen LogP contribution in [0.25, 0.3) is 0 Å². The van der Waals surface area contributed by atoms with E-state index in [1.54, 1.807) is 15.9 Å². The van der Waals surface area contributed by atoms with E-state index in [1.807, 2.05) is 13.8 Å². The van der Waals surface area contributed by atoms with Crippen molar-refractivity contribution < 1.29 is 14.4 Å². The SMILES string of the molecule is CCN(CC)C(=O)N1CCC[C@@H](C(=O)Nc2ccc(C(N)=O)c(Cl)c2)C1. The summed E-state index contributed by atoms with van der Waals surface area (Å²) in [5.74, 6) is -1.06. The number of rotatable bonds is 5. The first-order chi connectivity index (χ1) is 12.4. The van der Waals surface area contributed by atoms with Gasteiger partial charge in [-0.1, -0.05) is 11.6 Å². The highest BCUT2D eigenvalue weighted by atomic mass is 35.5. The second-order valence-corrected chi connectivity index (χ2v) is 6.70. The lowest BCUT2D eigenvalue weighted by molar-refractivity contribution is -0.121. The highest BCUT2D eigenvalue weighted by Crippen LogP contribution is 2.23. The summed E-state index contributed by atoms with van der Waals surface area (Å²) in [5, 5.41) is 3.00. The van der Waals surface area contributed by atoms with E-state index < -0.39 is 5.91 Å². The largest absolute Gasteiger partial charge is 0.366 e. The van der Waals surface area contributed by atoms with Crippen molar-refractivity contribution in [2.75, 3.05) is 31.5 Å². The summed E-state index contributed by atoms with van der Waals surface area (Å²) in [4.78, 5) is 39.8. The molecule has 1 saturated heterocycles. The van der Waals surface area contributed by atoms with Gasteiger partial charge in [0.05, 0.1) is 16.5 Å². The molecule has 1 heterocycles. The van der Waals surface area contributed by atoms with Crippen molar-refractivity contribution in [1.29, 1.82) is 0 Å². The zero-order chi connectivity index (χ0) is 19.3. The Labute approximate surface area is 158 Å². The molecular formula is C18H25ClN4O3. The number of primary amides is 1. The Balaban J connectivity index is 2.02. The van der Waals surface area contributed by atoms with Gasteiger partial charge in [0, 0.05) is 31.9 Å². The number of likely N-dealkylation sites (tertiary alicyclic amines) is 1. The molecule has 1 aliphatic heterocycles. The Morgan fingerprint density at radius 3 is 2.58 bits per heavy atom. The van der Waals surface area contributed by atoms with Crippen LogP contribution in [0.5, 0.6) is 0 Å². The molecule has 8 heteroatoms. The van der Waals surface area contributed by atoms with E-state index in [2.05, 4.69) is 5.32 Å². The van der Waals surface area contributed by atoms with Crippen LogP contribution >= 0.6 is 11.6 Å². The van der Waals surface area contributed by atoms with Gasteiger partial charge in [0.2, 0.25) is 11.8 Å². The molecule has 0 radical (unpaired) electrons. The highest BCUT2D eigenvalue weighted by molar-refractivity contribution is 6.34. The first-order valence-corrected chi connectivity index (χ1v) is 9.19. The molecule has 0 spiro atoms. The summed E-state index contributed by atoms with van der Waals surface area (Å²) in [5.41, 5.74) is 5.93. The number of amides is 4. The van der Waals surface area contributed by atoms with Crippen LogP contribution in [0, 0.1) is 5.92 Å². The number of nitrogens with zero attached hydrogens (tertiary/aromatic N) is 2. The number of nitrogens with two attached hydrogens (primary N) is 1. The number of carbonyl (C=O) groups excluding carboxylic acids is 3. The van der Waals surface area contributed by atoms with E-state index in [-0.39, 0.29) is 28.4 Å². The Morgan fingerprint density at radius 1 is 1.31 bits per heavy atom. The van der Waals surface area contributed by atoms with Crippen molar-refractivity contribution in [2.24, 2.45) is 11.7 Å². The maximum absolute atomic E-state index is 12.6. The maximum atomic E-state index is 12.6. The van der Waals surface area contributed by atoms with E-state index in [0.717, 1.165) is 12.8 Å². The van der Waals surface area contributed by atoms with E-state index in [9.17, 15) is 14.4 Å². The van der Waals surface area contributed by atoms with Gasteiger partial charge in [0.15, 0.2) is 0 Å². The topological polar surface area (TPSA) is 95.7 Å². The molecule has 1 aromatic rings. The summed E-state index contributed by atoms with van der Waals surface area (Å²) in [6.45, 7) is 6.23. The Morgan fingerprint density at radius 2 is 2.00 bits per heavy atom. The third kappa shape index (κ3) is 4.66. The number of hydrogen-bond acceptors (Lipinski definition) is 3. The molecule has 1 aliphatic rings. The van der Waals surface area contributed by atoms with Crippen LogP contribution in [0.1, 0.15) is 37.0 Å². The number of nitrogens with one attached hydrogen (secondary N) is 1.